The minimum atomic E-state index is -2.79. The minimum Gasteiger partial charge on any atom is -0.394 e. The normalized spacial score (nSPS) is 28.7. The lowest BCUT2D eigenvalue weighted by molar-refractivity contribution is -0.0427. The number of anilines is 2. The minimum absolute atomic E-state index is 0.291. The van der Waals surface area contributed by atoms with Crippen LogP contribution >= 0.6 is 39.0 Å². The number of nitrogens with zero attached hydrogens (tertiary/aromatic N) is 8. The van der Waals surface area contributed by atoms with E-state index in [1.54, 1.807) is 0 Å². The molecule has 2 aliphatic rings. The van der Waals surface area contributed by atoms with E-state index in [0.717, 1.165) is 0 Å². The first kappa shape index (κ1) is 35.3. The third-order valence-corrected chi connectivity index (χ3v) is 9.40. The van der Waals surface area contributed by atoms with Gasteiger partial charge in [-0.15, -0.1) is 0 Å². The standard InChI is InChI=1S/C24H32F2N10O8P2S2/c25-13-17(43-45(39)47)11(5-37)41-23(13)35-9-33-15-19(29-7-31-21(15)35)27-3-1-2-4-28-20-16-22(32-8-30-20)36(10-34-16)24-14(26)18(44-46(40)48)12(6-38)42-24/h7-14,17-18,23-24,37-38,45-46H,1-6H2,(H,39,47)(H,40,48)(H,27,29,31)(H,28,30,32)/t11-,12-,13-,14-,17-,18-,23-,24-/m1/s1. The molecule has 0 amide bonds. The molecule has 2 aliphatic heterocycles. The molecule has 18 nitrogen and oxygen atoms in total. The fourth-order valence-electron chi connectivity index (χ4n) is 5.64. The fraction of sp³-hybridized carbons (Fsp3) is 0.583. The van der Waals surface area contributed by atoms with Gasteiger partial charge in [-0.25, -0.2) is 38.7 Å². The molecule has 0 radical (unpaired) electrons. The van der Waals surface area contributed by atoms with E-state index in [9.17, 15) is 19.3 Å². The number of rotatable bonds is 15. The average Bonchev–Trinajstić information content (AvgIpc) is 3.83. The summed E-state index contributed by atoms with van der Waals surface area (Å²) in [5.41, 5.74) is 1.34. The summed E-state index contributed by atoms with van der Waals surface area (Å²) >= 11 is 7.43. The Bertz CT molecular complexity index is 1650. The van der Waals surface area contributed by atoms with Crippen molar-refractivity contribution in [1.29, 1.82) is 0 Å². The number of imidazole rings is 2. The van der Waals surface area contributed by atoms with Gasteiger partial charge in [0, 0.05) is 13.1 Å². The van der Waals surface area contributed by atoms with Gasteiger partial charge in [0.2, 0.25) is 14.5 Å². The highest BCUT2D eigenvalue weighted by atomic mass is 32.7. The third-order valence-electron chi connectivity index (χ3n) is 7.82. The van der Waals surface area contributed by atoms with Gasteiger partial charge in [-0.2, -0.15) is 0 Å². The van der Waals surface area contributed by atoms with Crippen molar-refractivity contribution in [3.05, 3.63) is 25.3 Å². The van der Waals surface area contributed by atoms with Gasteiger partial charge in [0.15, 0.2) is 58.8 Å². The van der Waals surface area contributed by atoms with E-state index in [2.05, 4.69) is 65.0 Å². The lowest BCUT2D eigenvalue weighted by Gasteiger charge is -2.16. The smallest absolute Gasteiger partial charge is 0.243 e. The zero-order valence-corrected chi connectivity index (χ0v) is 28.5. The number of unbranched alkanes of at least 4 members (excludes halogenated alkanes) is 1. The summed E-state index contributed by atoms with van der Waals surface area (Å²) in [4.78, 5) is 25.6. The number of aliphatic hydroxyl groups is 2. The molecule has 262 valence electrons. The number of halogens is 2. The first-order valence-electron chi connectivity index (χ1n) is 14.6. The summed E-state index contributed by atoms with van der Waals surface area (Å²) in [6.45, 7) is -0.0789. The number of ether oxygens (including phenoxy) is 2. The predicted molar refractivity (Wildman–Crippen MR) is 174 cm³/mol. The van der Waals surface area contributed by atoms with Gasteiger partial charge >= 0.3 is 0 Å². The molecule has 6 heterocycles. The monoisotopic (exact) mass is 752 g/mol. The number of hydrogen-bond donors (Lipinski definition) is 6. The fourth-order valence-corrected chi connectivity index (χ4v) is 7.40. The molecule has 24 heteroatoms. The van der Waals surface area contributed by atoms with Gasteiger partial charge in [-0.3, -0.25) is 18.3 Å². The maximum absolute atomic E-state index is 15.2. The maximum atomic E-state index is 15.2. The second kappa shape index (κ2) is 15.6. The van der Waals surface area contributed by atoms with Crippen LogP contribution in [0.25, 0.3) is 22.3 Å². The number of nitrogens with one attached hydrogen (secondary N) is 2. The molecule has 6 rings (SSSR count). The molecule has 0 aliphatic carbocycles. The molecule has 4 aromatic rings. The highest BCUT2D eigenvalue weighted by molar-refractivity contribution is 8.39. The van der Waals surface area contributed by atoms with Crippen LogP contribution < -0.4 is 10.6 Å². The first-order chi connectivity index (χ1) is 23.2. The second-order valence-electron chi connectivity index (χ2n) is 10.7. The highest BCUT2D eigenvalue weighted by Crippen LogP contribution is 2.42. The Kier molecular flexibility index (Phi) is 11.5. The van der Waals surface area contributed by atoms with E-state index < -0.39 is 76.9 Å². The van der Waals surface area contributed by atoms with Crippen molar-refractivity contribution in [3.63, 3.8) is 0 Å². The van der Waals surface area contributed by atoms with Crippen LogP contribution in [0.4, 0.5) is 20.4 Å². The van der Waals surface area contributed by atoms with Crippen molar-refractivity contribution in [2.75, 3.05) is 36.9 Å². The Morgan fingerprint density at radius 1 is 0.750 bits per heavy atom. The lowest BCUT2D eigenvalue weighted by atomic mass is 10.1. The van der Waals surface area contributed by atoms with E-state index in [1.807, 2.05) is 0 Å². The van der Waals surface area contributed by atoms with Gasteiger partial charge < -0.3 is 39.4 Å². The van der Waals surface area contributed by atoms with Crippen LogP contribution in [-0.2, 0) is 27.7 Å². The summed E-state index contributed by atoms with van der Waals surface area (Å²) < 4.78 is 77.7. The molecule has 2 unspecified atom stereocenters. The van der Waals surface area contributed by atoms with Crippen LogP contribution in [0, 0.1) is 0 Å². The van der Waals surface area contributed by atoms with Crippen molar-refractivity contribution >= 4 is 72.9 Å². The molecule has 0 spiro atoms. The Morgan fingerprint density at radius 3 is 1.54 bits per heavy atom. The molecule has 2 saturated heterocycles. The van der Waals surface area contributed by atoms with Crippen molar-refractivity contribution in [3.8, 4) is 0 Å². The number of hydrogen-bond acceptors (Lipinski definition) is 16. The molecule has 48 heavy (non-hydrogen) atoms. The number of alkyl halides is 2. The zero-order chi connectivity index (χ0) is 33.9. The third kappa shape index (κ3) is 7.19. The molecule has 4 aromatic heterocycles. The van der Waals surface area contributed by atoms with Crippen molar-refractivity contribution < 1.29 is 46.6 Å². The van der Waals surface area contributed by atoms with Gasteiger partial charge in [-0.05, 0) is 12.8 Å². The number of thiol groups is 2. The van der Waals surface area contributed by atoms with Crippen LogP contribution in [0.15, 0.2) is 25.3 Å². The largest absolute Gasteiger partial charge is 0.394 e. The topological polar surface area (TPSA) is 223 Å². The van der Waals surface area contributed by atoms with Crippen LogP contribution in [0.3, 0.4) is 0 Å². The van der Waals surface area contributed by atoms with Crippen molar-refractivity contribution in [2.24, 2.45) is 0 Å². The Hall–Kier alpha value is -2.52. The van der Waals surface area contributed by atoms with E-state index in [1.165, 1.54) is 34.4 Å². The zero-order valence-electron chi connectivity index (χ0n) is 24.7. The van der Waals surface area contributed by atoms with E-state index in [4.69, 9.17) is 18.5 Å². The maximum Gasteiger partial charge on any atom is 0.243 e. The van der Waals surface area contributed by atoms with E-state index >= 15 is 8.78 Å². The van der Waals surface area contributed by atoms with Crippen LogP contribution in [0.2, 0.25) is 0 Å². The SMILES string of the molecule is O=[PH](S)O[C@H]1[C@@H](F)[C@H](n2cnc3c(NCCCCNc4ncnc5c4ncn5[C@@H]4O[C@H](CO)[C@@H](O[PH](=O)S)[C@H]4F)ncnc32)O[C@@H]1CO. The molecule has 10 atom stereocenters. The highest BCUT2D eigenvalue weighted by Gasteiger charge is 2.49. The molecule has 0 saturated carbocycles. The summed E-state index contributed by atoms with van der Waals surface area (Å²) in [5, 5.41) is 25.6. The molecule has 0 bridgehead atoms. The number of aliphatic hydroxyl groups excluding tert-OH is 2. The van der Waals surface area contributed by atoms with Crippen molar-refractivity contribution in [1.82, 2.24) is 39.0 Å². The molecule has 4 N–H and O–H groups in total. The molecule has 2 fully saturated rings. The Labute approximate surface area is 282 Å². The second-order valence-corrected chi connectivity index (χ2v) is 14.5. The summed E-state index contributed by atoms with van der Waals surface area (Å²) in [5.74, 6) is 0.849. The predicted octanol–water partition coefficient (Wildman–Crippen LogP) is 2.14. The number of fused-ring (bicyclic) bond motifs is 2. The number of aromatic nitrogens is 8. The summed E-state index contributed by atoms with van der Waals surface area (Å²) in [7, 11) is -5.57. The molecular weight excluding hydrogens is 720 g/mol. The van der Waals surface area contributed by atoms with Crippen LogP contribution in [0.5, 0.6) is 0 Å². The summed E-state index contributed by atoms with van der Waals surface area (Å²) in [6, 6.07) is 0. The summed E-state index contributed by atoms with van der Waals surface area (Å²) in [6.07, 6.45) is -3.92. The first-order valence-corrected chi connectivity index (χ1v) is 19.9. The quantitative estimate of drug-likeness (QED) is 0.0582. The van der Waals surface area contributed by atoms with E-state index in [0.29, 0.717) is 59.9 Å². The molecular formula is C24H32F2N10O8P2S2. The van der Waals surface area contributed by atoms with E-state index in [-0.39, 0.29) is 0 Å². The van der Waals surface area contributed by atoms with Gasteiger partial charge in [0.05, 0.1) is 25.9 Å². The van der Waals surface area contributed by atoms with Gasteiger partial charge in [-0.1, -0.05) is 24.5 Å². The molecule has 0 aromatic carbocycles. The van der Waals surface area contributed by atoms with Gasteiger partial charge in [0.25, 0.3) is 0 Å². The van der Waals surface area contributed by atoms with Crippen LogP contribution in [0.1, 0.15) is 25.3 Å². The van der Waals surface area contributed by atoms with Gasteiger partial charge in [0.1, 0.15) is 37.1 Å². The average molecular weight is 753 g/mol. The lowest BCUT2D eigenvalue weighted by Crippen LogP contribution is -2.31. The van der Waals surface area contributed by atoms with Crippen LogP contribution in [-0.4, -0.2) is 112 Å². The Balaban J connectivity index is 1.04. The Morgan fingerprint density at radius 2 is 1.17 bits per heavy atom. The van der Waals surface area contributed by atoms with Crippen molar-refractivity contribution in [2.45, 2.75) is 62.1 Å².